The minimum Gasteiger partial charge on any atom is -0.409 e. The minimum absolute atomic E-state index is 0.142. The molecule has 1 aliphatic rings. The number of nitrogens with one attached hydrogen (secondary N) is 1. The van der Waals surface area contributed by atoms with E-state index in [1.807, 2.05) is 0 Å². The Hall–Kier alpha value is -1.62. The van der Waals surface area contributed by atoms with E-state index in [0.717, 1.165) is 18.8 Å². The van der Waals surface area contributed by atoms with Gasteiger partial charge in [0.15, 0.2) is 5.84 Å². The van der Waals surface area contributed by atoms with Gasteiger partial charge in [-0.15, -0.1) is 0 Å². The Morgan fingerprint density at radius 1 is 1.50 bits per heavy atom. The van der Waals surface area contributed by atoms with Crippen LogP contribution in [0.5, 0.6) is 0 Å². The lowest BCUT2D eigenvalue weighted by Gasteiger charge is -2.27. The van der Waals surface area contributed by atoms with E-state index in [4.69, 9.17) is 10.9 Å². The van der Waals surface area contributed by atoms with Crippen molar-refractivity contribution in [3.63, 3.8) is 0 Å². The van der Waals surface area contributed by atoms with Crippen molar-refractivity contribution in [1.29, 1.82) is 0 Å². The summed E-state index contributed by atoms with van der Waals surface area (Å²) in [5.41, 5.74) is 6.15. The predicted molar refractivity (Wildman–Crippen MR) is 77.2 cm³/mol. The summed E-state index contributed by atoms with van der Waals surface area (Å²) in [6.45, 7) is 2.73. The van der Waals surface area contributed by atoms with E-state index in [2.05, 4.69) is 17.4 Å². The SMILES string of the molecule is CC1CCCC(NCc2cccc(/C(N)=N/O)c2F)C1. The monoisotopic (exact) mass is 279 g/mol. The van der Waals surface area contributed by atoms with E-state index in [0.29, 0.717) is 18.2 Å². The first-order valence-corrected chi connectivity index (χ1v) is 7.10. The molecule has 4 N–H and O–H groups in total. The second-order valence-corrected chi connectivity index (χ2v) is 5.61. The zero-order valence-corrected chi connectivity index (χ0v) is 11.8. The van der Waals surface area contributed by atoms with Crippen molar-refractivity contribution in [3.05, 3.63) is 35.1 Å². The molecule has 0 saturated heterocycles. The molecule has 0 aliphatic heterocycles. The largest absolute Gasteiger partial charge is 0.409 e. The maximum Gasteiger partial charge on any atom is 0.173 e. The van der Waals surface area contributed by atoms with E-state index >= 15 is 0 Å². The summed E-state index contributed by atoms with van der Waals surface area (Å²) in [7, 11) is 0. The van der Waals surface area contributed by atoms with Gasteiger partial charge in [0.05, 0.1) is 5.56 Å². The van der Waals surface area contributed by atoms with Gasteiger partial charge in [0.25, 0.3) is 0 Å². The number of nitrogens with two attached hydrogens (primary N) is 1. The molecule has 0 amide bonds. The average Bonchev–Trinajstić information content (AvgIpc) is 2.45. The van der Waals surface area contributed by atoms with E-state index in [-0.39, 0.29) is 11.4 Å². The summed E-state index contributed by atoms with van der Waals surface area (Å²) in [4.78, 5) is 0. The molecule has 2 unspecified atom stereocenters. The van der Waals surface area contributed by atoms with Crippen LogP contribution < -0.4 is 11.1 Å². The summed E-state index contributed by atoms with van der Waals surface area (Å²) in [6.07, 6.45) is 4.80. The number of rotatable bonds is 4. The van der Waals surface area contributed by atoms with Crippen LogP contribution in [-0.4, -0.2) is 17.1 Å². The first-order valence-electron chi connectivity index (χ1n) is 7.10. The molecule has 4 nitrogen and oxygen atoms in total. The molecule has 5 heteroatoms. The molecule has 1 saturated carbocycles. The van der Waals surface area contributed by atoms with Crippen molar-refractivity contribution < 1.29 is 9.60 Å². The van der Waals surface area contributed by atoms with Gasteiger partial charge in [0, 0.05) is 18.2 Å². The van der Waals surface area contributed by atoms with Gasteiger partial charge in [-0.2, -0.15) is 0 Å². The Morgan fingerprint density at radius 2 is 2.30 bits per heavy atom. The molecule has 0 spiro atoms. The van der Waals surface area contributed by atoms with Gasteiger partial charge in [-0.1, -0.05) is 37.1 Å². The summed E-state index contributed by atoms with van der Waals surface area (Å²) < 4.78 is 14.2. The van der Waals surface area contributed by atoms with Crippen molar-refractivity contribution in [1.82, 2.24) is 5.32 Å². The fourth-order valence-corrected chi connectivity index (χ4v) is 2.84. The second-order valence-electron chi connectivity index (χ2n) is 5.61. The number of oxime groups is 1. The van der Waals surface area contributed by atoms with Crippen LogP contribution in [0.2, 0.25) is 0 Å². The quantitative estimate of drug-likeness (QED) is 0.343. The molecule has 0 aromatic heterocycles. The lowest BCUT2D eigenvalue weighted by atomic mass is 9.87. The van der Waals surface area contributed by atoms with Crippen LogP contribution in [-0.2, 0) is 6.54 Å². The van der Waals surface area contributed by atoms with Crippen LogP contribution in [0.15, 0.2) is 23.4 Å². The first kappa shape index (κ1) is 14.8. The Labute approximate surface area is 118 Å². The summed E-state index contributed by atoms with van der Waals surface area (Å²) in [5.74, 6) is 0.115. The van der Waals surface area contributed by atoms with Crippen LogP contribution in [0.1, 0.15) is 43.7 Å². The molecule has 0 bridgehead atoms. The van der Waals surface area contributed by atoms with Crippen molar-refractivity contribution >= 4 is 5.84 Å². The lowest BCUT2D eigenvalue weighted by molar-refractivity contribution is 0.299. The zero-order chi connectivity index (χ0) is 14.5. The minimum atomic E-state index is -0.417. The number of hydrogen-bond acceptors (Lipinski definition) is 3. The van der Waals surface area contributed by atoms with Gasteiger partial charge in [-0.05, 0) is 24.8 Å². The molecule has 20 heavy (non-hydrogen) atoms. The maximum atomic E-state index is 14.2. The van der Waals surface area contributed by atoms with E-state index in [1.54, 1.807) is 12.1 Å². The molecular weight excluding hydrogens is 257 g/mol. The van der Waals surface area contributed by atoms with Crippen LogP contribution >= 0.6 is 0 Å². The van der Waals surface area contributed by atoms with Crippen molar-refractivity contribution in [3.8, 4) is 0 Å². The Balaban J connectivity index is 2.03. The Kier molecular flexibility index (Phi) is 4.95. The first-order chi connectivity index (χ1) is 9.61. The molecular formula is C15H22FN3O. The normalized spacial score (nSPS) is 23.8. The van der Waals surface area contributed by atoms with E-state index < -0.39 is 5.82 Å². The number of halogens is 1. The lowest BCUT2D eigenvalue weighted by Crippen LogP contribution is -2.33. The van der Waals surface area contributed by atoms with Crippen molar-refractivity contribution in [2.24, 2.45) is 16.8 Å². The highest BCUT2D eigenvalue weighted by atomic mass is 19.1. The summed E-state index contributed by atoms with van der Waals surface area (Å²) >= 11 is 0. The highest BCUT2D eigenvalue weighted by Crippen LogP contribution is 2.24. The Morgan fingerprint density at radius 3 is 3.00 bits per heavy atom. The number of hydrogen-bond donors (Lipinski definition) is 3. The summed E-state index contributed by atoms with van der Waals surface area (Å²) in [5, 5.41) is 14.9. The molecule has 1 aromatic carbocycles. The molecule has 110 valence electrons. The predicted octanol–water partition coefficient (Wildman–Crippen LogP) is 2.59. The smallest absolute Gasteiger partial charge is 0.173 e. The average molecular weight is 279 g/mol. The van der Waals surface area contributed by atoms with Crippen LogP contribution in [0.4, 0.5) is 4.39 Å². The summed E-state index contributed by atoms with van der Waals surface area (Å²) in [6, 6.07) is 5.40. The van der Waals surface area contributed by atoms with Gasteiger partial charge >= 0.3 is 0 Å². The molecule has 0 heterocycles. The fraction of sp³-hybridized carbons (Fsp3) is 0.533. The highest BCUT2D eigenvalue weighted by molar-refractivity contribution is 5.97. The van der Waals surface area contributed by atoms with Crippen LogP contribution in [0.3, 0.4) is 0 Å². The van der Waals surface area contributed by atoms with E-state index in [1.165, 1.54) is 18.9 Å². The van der Waals surface area contributed by atoms with Crippen LogP contribution in [0, 0.1) is 11.7 Å². The molecule has 1 fully saturated rings. The van der Waals surface area contributed by atoms with Crippen LogP contribution in [0.25, 0.3) is 0 Å². The number of amidine groups is 1. The molecule has 1 aromatic rings. The van der Waals surface area contributed by atoms with Gasteiger partial charge in [0.1, 0.15) is 5.82 Å². The molecule has 0 radical (unpaired) electrons. The van der Waals surface area contributed by atoms with Gasteiger partial charge in [0.2, 0.25) is 0 Å². The highest BCUT2D eigenvalue weighted by Gasteiger charge is 2.19. The van der Waals surface area contributed by atoms with Gasteiger partial charge < -0.3 is 16.3 Å². The number of nitrogens with zero attached hydrogens (tertiary/aromatic N) is 1. The van der Waals surface area contributed by atoms with E-state index in [9.17, 15) is 4.39 Å². The molecule has 2 rings (SSSR count). The Bertz CT molecular complexity index is 490. The topological polar surface area (TPSA) is 70.6 Å². The second kappa shape index (κ2) is 6.70. The third-order valence-corrected chi connectivity index (χ3v) is 3.98. The standard InChI is InChI=1S/C15H22FN3O/c1-10-4-2-6-12(8-10)18-9-11-5-3-7-13(14(11)16)15(17)19-20/h3,5,7,10,12,18,20H,2,4,6,8-9H2,1H3,(H2,17,19). The zero-order valence-electron chi connectivity index (χ0n) is 11.8. The van der Waals surface area contributed by atoms with Gasteiger partial charge in [-0.25, -0.2) is 4.39 Å². The van der Waals surface area contributed by atoms with Crippen molar-refractivity contribution in [2.75, 3.05) is 0 Å². The fourth-order valence-electron chi connectivity index (χ4n) is 2.84. The maximum absolute atomic E-state index is 14.2. The number of benzene rings is 1. The molecule has 2 atom stereocenters. The third kappa shape index (κ3) is 3.48. The molecule has 1 aliphatic carbocycles. The third-order valence-electron chi connectivity index (χ3n) is 3.98. The van der Waals surface area contributed by atoms with Gasteiger partial charge in [-0.3, -0.25) is 0 Å². The van der Waals surface area contributed by atoms with Crippen molar-refractivity contribution in [2.45, 2.75) is 45.2 Å².